The molecule has 1 saturated heterocycles. The van der Waals surface area contributed by atoms with Gasteiger partial charge in [0.05, 0.1) is 22.0 Å². The summed E-state index contributed by atoms with van der Waals surface area (Å²) >= 11 is 6.21. The lowest BCUT2D eigenvalue weighted by Crippen LogP contribution is -2.32. The van der Waals surface area contributed by atoms with Crippen LogP contribution in [0.2, 0.25) is 5.02 Å². The summed E-state index contributed by atoms with van der Waals surface area (Å²) in [6.45, 7) is 3.62. The van der Waals surface area contributed by atoms with Crippen molar-refractivity contribution in [2.75, 3.05) is 33.3 Å². The highest BCUT2D eigenvalue weighted by atomic mass is 35.5. The van der Waals surface area contributed by atoms with E-state index in [-0.39, 0.29) is 21.4 Å². The molecule has 3 rings (SSSR count). The van der Waals surface area contributed by atoms with Gasteiger partial charge in [0.2, 0.25) is 10.0 Å². The maximum absolute atomic E-state index is 12.9. The molecule has 1 amide bonds. The van der Waals surface area contributed by atoms with E-state index >= 15 is 0 Å². The molecule has 0 aromatic heterocycles. The maximum atomic E-state index is 12.9. The van der Waals surface area contributed by atoms with Crippen molar-refractivity contribution in [3.63, 3.8) is 0 Å². The Balaban J connectivity index is 1.70. The average Bonchev–Trinajstić information content (AvgIpc) is 3.25. The van der Waals surface area contributed by atoms with E-state index in [1.807, 2.05) is 31.2 Å². The lowest BCUT2D eigenvalue weighted by Gasteiger charge is -2.20. The predicted octanol–water partition coefficient (Wildman–Crippen LogP) is 3.58. The number of carbonyl (C=O) groups excluding carboxylic acids is 1. The number of rotatable bonds is 7. The number of benzene rings is 2. The first-order valence-corrected chi connectivity index (χ1v) is 11.4. The van der Waals surface area contributed by atoms with Crippen molar-refractivity contribution < 1.29 is 17.9 Å². The Hall–Kier alpha value is -2.09. The Labute approximate surface area is 177 Å². The van der Waals surface area contributed by atoms with Crippen molar-refractivity contribution in [2.24, 2.45) is 0 Å². The second-order valence-electron chi connectivity index (χ2n) is 7.09. The van der Waals surface area contributed by atoms with Crippen molar-refractivity contribution in [1.29, 1.82) is 0 Å². The lowest BCUT2D eigenvalue weighted by molar-refractivity contribution is 0.0773. The first-order chi connectivity index (χ1) is 13.8. The zero-order valence-electron chi connectivity index (χ0n) is 16.6. The van der Waals surface area contributed by atoms with Crippen molar-refractivity contribution in [3.8, 4) is 5.75 Å². The summed E-state index contributed by atoms with van der Waals surface area (Å²) in [5, 5.41) is 0.224. The summed E-state index contributed by atoms with van der Waals surface area (Å²) in [7, 11) is -1.98. The van der Waals surface area contributed by atoms with Gasteiger partial charge in [0.25, 0.3) is 5.91 Å². The van der Waals surface area contributed by atoms with Crippen LogP contribution in [-0.2, 0) is 10.0 Å². The van der Waals surface area contributed by atoms with E-state index in [9.17, 15) is 13.2 Å². The fourth-order valence-corrected chi connectivity index (χ4v) is 4.97. The van der Waals surface area contributed by atoms with Crippen molar-refractivity contribution in [2.45, 2.75) is 24.7 Å². The number of halogens is 1. The average molecular weight is 437 g/mol. The topological polar surface area (TPSA) is 66.9 Å². The third-order valence-electron chi connectivity index (χ3n) is 5.00. The minimum Gasteiger partial charge on any atom is -0.491 e. The Kier molecular flexibility index (Phi) is 6.82. The molecule has 0 atom stereocenters. The summed E-state index contributed by atoms with van der Waals surface area (Å²) in [5.41, 5.74) is 1.19. The Bertz CT molecular complexity index is 988. The largest absolute Gasteiger partial charge is 0.491 e. The van der Waals surface area contributed by atoms with E-state index in [1.165, 1.54) is 27.4 Å². The van der Waals surface area contributed by atoms with Gasteiger partial charge in [-0.25, -0.2) is 8.42 Å². The number of nitrogens with zero attached hydrogens (tertiary/aromatic N) is 2. The SMILES string of the molecule is Cc1ccccc1OCCN(C)C(=O)c1cc(S(=O)(=O)N2CCCC2)ccc1Cl. The van der Waals surface area contributed by atoms with Gasteiger partial charge in [0.15, 0.2) is 0 Å². The Morgan fingerprint density at radius 1 is 1.17 bits per heavy atom. The van der Waals surface area contributed by atoms with Crippen molar-refractivity contribution in [1.82, 2.24) is 9.21 Å². The predicted molar refractivity (Wildman–Crippen MR) is 113 cm³/mol. The molecule has 1 fully saturated rings. The molecule has 0 bridgehead atoms. The second kappa shape index (κ2) is 9.15. The van der Waals surface area contributed by atoms with E-state index in [2.05, 4.69) is 0 Å². The van der Waals surface area contributed by atoms with E-state index < -0.39 is 10.0 Å². The molecular weight excluding hydrogens is 412 g/mol. The zero-order chi connectivity index (χ0) is 21.0. The highest BCUT2D eigenvalue weighted by Gasteiger charge is 2.28. The van der Waals surface area contributed by atoms with Gasteiger partial charge in [-0.15, -0.1) is 0 Å². The number of hydrogen-bond acceptors (Lipinski definition) is 4. The first-order valence-electron chi connectivity index (χ1n) is 9.54. The molecule has 1 aliphatic rings. The number of para-hydroxylation sites is 1. The molecule has 1 heterocycles. The molecule has 0 radical (unpaired) electrons. The molecule has 0 aliphatic carbocycles. The number of aryl methyl sites for hydroxylation is 1. The molecule has 8 heteroatoms. The normalized spacial score (nSPS) is 14.7. The van der Waals surface area contributed by atoms with Gasteiger partial charge in [-0.1, -0.05) is 29.8 Å². The Morgan fingerprint density at radius 3 is 2.55 bits per heavy atom. The molecule has 29 heavy (non-hydrogen) atoms. The number of hydrogen-bond donors (Lipinski definition) is 0. The van der Waals surface area contributed by atoms with Gasteiger partial charge in [0.1, 0.15) is 12.4 Å². The van der Waals surface area contributed by atoms with Crippen LogP contribution in [0, 0.1) is 6.92 Å². The molecule has 156 valence electrons. The quantitative estimate of drug-likeness (QED) is 0.665. The van der Waals surface area contributed by atoms with Gasteiger partial charge >= 0.3 is 0 Å². The smallest absolute Gasteiger partial charge is 0.255 e. The number of carbonyl (C=O) groups is 1. The number of amides is 1. The van der Waals surface area contributed by atoms with E-state index in [4.69, 9.17) is 16.3 Å². The molecule has 0 saturated carbocycles. The van der Waals surface area contributed by atoms with E-state index in [0.29, 0.717) is 26.2 Å². The summed E-state index contributed by atoms with van der Waals surface area (Å²) in [4.78, 5) is 14.4. The van der Waals surface area contributed by atoms with Crippen LogP contribution < -0.4 is 4.74 Å². The Morgan fingerprint density at radius 2 is 1.86 bits per heavy atom. The van der Waals surface area contributed by atoms with Crippen LogP contribution in [0.3, 0.4) is 0 Å². The van der Waals surface area contributed by atoms with Gasteiger partial charge < -0.3 is 9.64 Å². The minimum absolute atomic E-state index is 0.0942. The number of sulfonamides is 1. The summed E-state index contributed by atoms with van der Waals surface area (Å²) in [6, 6.07) is 11.9. The van der Waals surface area contributed by atoms with Gasteiger partial charge in [0, 0.05) is 20.1 Å². The van der Waals surface area contributed by atoms with Crippen LogP contribution in [0.15, 0.2) is 47.4 Å². The highest BCUT2D eigenvalue weighted by Crippen LogP contribution is 2.26. The minimum atomic E-state index is -3.62. The van der Waals surface area contributed by atoms with E-state index in [1.54, 1.807) is 7.05 Å². The third kappa shape index (κ3) is 4.91. The molecule has 0 unspecified atom stereocenters. The summed E-state index contributed by atoms with van der Waals surface area (Å²) < 4.78 is 32.8. The van der Waals surface area contributed by atoms with Crippen molar-refractivity contribution >= 4 is 27.5 Å². The zero-order valence-corrected chi connectivity index (χ0v) is 18.2. The molecular formula is C21H25ClN2O4S. The molecule has 1 aliphatic heterocycles. The molecule has 6 nitrogen and oxygen atoms in total. The van der Waals surface area contributed by atoms with Crippen LogP contribution in [0.25, 0.3) is 0 Å². The van der Waals surface area contributed by atoms with Crippen LogP contribution in [-0.4, -0.2) is 56.8 Å². The van der Waals surface area contributed by atoms with Crippen molar-refractivity contribution in [3.05, 3.63) is 58.6 Å². The highest BCUT2D eigenvalue weighted by molar-refractivity contribution is 7.89. The van der Waals surface area contributed by atoms with Crippen LogP contribution in [0.5, 0.6) is 5.75 Å². The fraction of sp³-hybridized carbons (Fsp3) is 0.381. The van der Waals surface area contributed by atoms with E-state index in [0.717, 1.165) is 24.2 Å². The van der Waals surface area contributed by atoms with Crippen LogP contribution in [0.4, 0.5) is 0 Å². The molecule has 2 aromatic rings. The molecule has 0 spiro atoms. The molecule has 2 aromatic carbocycles. The van der Waals surface area contributed by atoms with Crippen LogP contribution in [0.1, 0.15) is 28.8 Å². The van der Waals surface area contributed by atoms with Gasteiger partial charge in [-0.2, -0.15) is 4.31 Å². The third-order valence-corrected chi connectivity index (χ3v) is 7.22. The number of likely N-dealkylation sites (N-methyl/N-ethyl adjacent to an activating group) is 1. The standard InChI is InChI=1S/C21H25ClN2O4S/c1-16-7-3-4-8-20(16)28-14-13-23(2)21(25)18-15-17(9-10-19(18)22)29(26,27)24-11-5-6-12-24/h3-4,7-10,15H,5-6,11-14H2,1-2H3. The van der Waals surface area contributed by atoms with Gasteiger partial charge in [-0.3, -0.25) is 4.79 Å². The summed E-state index contributed by atoms with van der Waals surface area (Å²) in [6.07, 6.45) is 1.70. The fourth-order valence-electron chi connectivity index (χ4n) is 3.22. The summed E-state index contributed by atoms with van der Waals surface area (Å²) in [5.74, 6) is 0.423. The maximum Gasteiger partial charge on any atom is 0.255 e. The van der Waals surface area contributed by atoms with Crippen LogP contribution >= 0.6 is 11.6 Å². The number of ether oxygens (including phenoxy) is 1. The molecule has 0 N–H and O–H groups in total. The monoisotopic (exact) mass is 436 g/mol. The van der Waals surface area contributed by atoms with Gasteiger partial charge in [-0.05, 0) is 49.6 Å². The second-order valence-corrected chi connectivity index (χ2v) is 9.44. The first kappa shape index (κ1) is 21.6. The lowest BCUT2D eigenvalue weighted by atomic mass is 10.2.